The van der Waals surface area contributed by atoms with E-state index >= 15 is 0 Å². The number of hydrogen-bond acceptors (Lipinski definition) is 6. The minimum absolute atomic E-state index is 0. The molecule has 0 radical (unpaired) electrons. The summed E-state index contributed by atoms with van der Waals surface area (Å²) in [5.74, 6) is -0.626. The van der Waals surface area contributed by atoms with Gasteiger partial charge in [0, 0.05) is 5.92 Å². The number of imide groups is 1. The number of carbonyl (C=O) groups excluding carboxylic acids is 2. The van der Waals surface area contributed by atoms with Gasteiger partial charge >= 0.3 is 0 Å². The Balaban J connectivity index is 0.00000368. The van der Waals surface area contributed by atoms with Crippen molar-refractivity contribution in [3.8, 4) is 11.1 Å². The molecule has 1 aliphatic rings. The highest BCUT2D eigenvalue weighted by Gasteiger charge is 2.35. The van der Waals surface area contributed by atoms with E-state index in [1.807, 2.05) is 24.3 Å². The number of anilines is 1. The van der Waals surface area contributed by atoms with E-state index < -0.39 is 11.9 Å². The Bertz CT molecular complexity index is 1820. The highest BCUT2D eigenvalue weighted by molar-refractivity contribution is 6.17. The van der Waals surface area contributed by atoms with Crippen LogP contribution in [0, 0.1) is 18.8 Å². The van der Waals surface area contributed by atoms with E-state index in [9.17, 15) is 14.4 Å². The smallest absolute Gasteiger partial charge is 0.271 e. The monoisotopic (exact) mass is 601 g/mol. The van der Waals surface area contributed by atoms with Gasteiger partial charge < -0.3 is 16.5 Å². The number of carbonyl (C=O) groups is 2. The quantitative estimate of drug-likeness (QED) is 0.186. The lowest BCUT2D eigenvalue weighted by Crippen LogP contribution is -2.50. The number of rotatable bonds is 7. The Morgan fingerprint density at radius 2 is 1.74 bits per heavy atom. The van der Waals surface area contributed by atoms with Gasteiger partial charge in [0.25, 0.3) is 11.5 Å². The van der Waals surface area contributed by atoms with Crippen molar-refractivity contribution in [2.45, 2.75) is 45.1 Å². The largest absolute Gasteiger partial charge is 0.345 e. The fourth-order valence-corrected chi connectivity index (χ4v) is 6.08. The molecule has 2 aromatic heterocycles. The van der Waals surface area contributed by atoms with Crippen LogP contribution in [0.1, 0.15) is 36.8 Å². The van der Waals surface area contributed by atoms with E-state index in [1.54, 1.807) is 24.5 Å². The van der Waals surface area contributed by atoms with Crippen LogP contribution in [0.25, 0.3) is 33.1 Å². The lowest BCUT2D eigenvalue weighted by atomic mass is 9.81. The highest BCUT2D eigenvalue weighted by Crippen LogP contribution is 2.32. The van der Waals surface area contributed by atoms with Gasteiger partial charge in [0.15, 0.2) is 0 Å². The number of hydrogen-bond donors (Lipinski definition) is 5. The van der Waals surface area contributed by atoms with Crippen molar-refractivity contribution in [3.63, 3.8) is 0 Å². The second-order valence-corrected chi connectivity index (χ2v) is 11.4. The molecule has 2 heterocycles. The molecular weight excluding hydrogens is 566 g/mol. The average molecular weight is 602 g/mol. The molecule has 1 fully saturated rings. The third kappa shape index (κ3) is 5.99. The molecule has 5 aromatic rings. The lowest BCUT2D eigenvalue weighted by Gasteiger charge is -2.32. The summed E-state index contributed by atoms with van der Waals surface area (Å²) in [6.45, 7) is 2.66. The molecule has 224 valence electrons. The molecule has 7 N–H and O–H groups in total. The maximum Gasteiger partial charge on any atom is 0.271 e. The summed E-state index contributed by atoms with van der Waals surface area (Å²) in [6, 6.07) is 16.1. The number of fused-ring (bicyclic) bond motifs is 2. The Morgan fingerprint density at radius 1 is 1.00 bits per heavy atom. The predicted molar refractivity (Wildman–Crippen MR) is 171 cm³/mol. The number of H-pyrrole nitrogens is 3. The molecule has 0 saturated heterocycles. The van der Waals surface area contributed by atoms with Crippen LogP contribution in [0.3, 0.4) is 0 Å². The van der Waals surface area contributed by atoms with Gasteiger partial charge in [-0.05, 0) is 104 Å². The van der Waals surface area contributed by atoms with Crippen LogP contribution in [0.2, 0.25) is 0 Å². The fraction of sp³-hybridized carbons (Fsp3) is 0.312. The number of benzene rings is 3. The average Bonchev–Trinajstić information content (AvgIpc) is 3.62. The molecule has 1 saturated carbocycles. The van der Waals surface area contributed by atoms with Gasteiger partial charge in [-0.3, -0.25) is 24.6 Å². The first-order valence-corrected chi connectivity index (χ1v) is 14.4. The normalized spacial score (nSPS) is 17.5. The SMILES string of the molecule is Cc1cc2[nH]cnc2cc1-c1ccc(C[C@H](N)C(=O)N(C(=O)C2CCC(CN)CC2)c2ccc3c(=O)[nH][nH]c3c2)cc1.Cl. The highest BCUT2D eigenvalue weighted by atomic mass is 35.5. The molecule has 0 unspecified atom stereocenters. The number of nitrogens with two attached hydrogens (primary N) is 2. The first-order valence-electron chi connectivity index (χ1n) is 14.4. The summed E-state index contributed by atoms with van der Waals surface area (Å²) < 4.78 is 0. The second-order valence-electron chi connectivity index (χ2n) is 11.4. The molecule has 0 bridgehead atoms. The minimum Gasteiger partial charge on any atom is -0.345 e. The standard InChI is InChI=1S/C32H35N7O3.ClH/c1-18-12-28-29(36-17-35-28)15-25(18)21-6-2-19(3-7-21)13-26(34)32(42)39(31(41)22-8-4-20(16-33)5-9-22)23-10-11-24-27(14-23)37-38-30(24)40;/h2-3,6-7,10-12,14-15,17,20,22,26H,4-5,8-9,13,16,33-34H2,1H3,(H,35,36)(H2,37,38,40);1H/t20?,22?,26-;/m0./s1. The summed E-state index contributed by atoms with van der Waals surface area (Å²) in [6.07, 6.45) is 5.00. The second kappa shape index (κ2) is 12.5. The van der Waals surface area contributed by atoms with Crippen LogP contribution < -0.4 is 21.9 Å². The topological polar surface area (TPSA) is 167 Å². The van der Waals surface area contributed by atoms with Crippen LogP contribution in [0.15, 0.2) is 65.7 Å². The van der Waals surface area contributed by atoms with Crippen LogP contribution in [0.4, 0.5) is 5.69 Å². The summed E-state index contributed by atoms with van der Waals surface area (Å²) in [5, 5.41) is 5.82. The maximum absolute atomic E-state index is 13.9. The number of nitrogens with zero attached hydrogens (tertiary/aromatic N) is 2. The molecule has 11 heteroatoms. The van der Waals surface area contributed by atoms with Crippen molar-refractivity contribution >= 4 is 51.8 Å². The van der Waals surface area contributed by atoms with E-state index in [1.165, 1.54) is 4.90 Å². The van der Waals surface area contributed by atoms with Crippen molar-refractivity contribution in [1.29, 1.82) is 0 Å². The van der Waals surface area contributed by atoms with Gasteiger partial charge in [-0.15, -0.1) is 12.4 Å². The number of nitrogens with one attached hydrogen (secondary N) is 3. The third-order valence-electron chi connectivity index (χ3n) is 8.59. The van der Waals surface area contributed by atoms with Gasteiger partial charge in [0.1, 0.15) is 0 Å². The third-order valence-corrected chi connectivity index (χ3v) is 8.59. The molecule has 43 heavy (non-hydrogen) atoms. The van der Waals surface area contributed by atoms with Gasteiger partial charge in [-0.1, -0.05) is 24.3 Å². The van der Waals surface area contributed by atoms with E-state index in [2.05, 4.69) is 39.2 Å². The Kier molecular flexibility index (Phi) is 8.82. The minimum atomic E-state index is -0.941. The summed E-state index contributed by atoms with van der Waals surface area (Å²) in [4.78, 5) is 48.6. The van der Waals surface area contributed by atoms with Crippen molar-refractivity contribution in [1.82, 2.24) is 20.2 Å². The summed E-state index contributed by atoms with van der Waals surface area (Å²) >= 11 is 0. The molecule has 1 aliphatic carbocycles. The van der Waals surface area contributed by atoms with E-state index in [4.69, 9.17) is 11.5 Å². The van der Waals surface area contributed by atoms with Crippen molar-refractivity contribution in [2.24, 2.45) is 23.3 Å². The van der Waals surface area contributed by atoms with Gasteiger partial charge in [0.05, 0.1) is 40.0 Å². The van der Waals surface area contributed by atoms with Gasteiger partial charge in [-0.25, -0.2) is 9.88 Å². The predicted octanol–water partition coefficient (Wildman–Crippen LogP) is 4.32. The molecule has 2 amide bonds. The van der Waals surface area contributed by atoms with Crippen molar-refractivity contribution in [2.75, 3.05) is 11.4 Å². The van der Waals surface area contributed by atoms with Crippen LogP contribution >= 0.6 is 12.4 Å². The lowest BCUT2D eigenvalue weighted by molar-refractivity contribution is -0.130. The van der Waals surface area contributed by atoms with Gasteiger partial charge in [0.2, 0.25) is 5.91 Å². The zero-order valence-electron chi connectivity index (χ0n) is 23.9. The zero-order chi connectivity index (χ0) is 29.4. The summed E-state index contributed by atoms with van der Waals surface area (Å²) in [5.41, 5.74) is 19.0. The first kappa shape index (κ1) is 30.2. The van der Waals surface area contributed by atoms with Crippen molar-refractivity contribution in [3.05, 3.63) is 82.4 Å². The first-order chi connectivity index (χ1) is 20.3. The number of aromatic nitrogens is 4. The van der Waals surface area contributed by atoms with E-state index in [0.29, 0.717) is 41.9 Å². The van der Waals surface area contributed by atoms with Crippen LogP contribution in [0.5, 0.6) is 0 Å². The van der Waals surface area contributed by atoms with Crippen LogP contribution in [-0.4, -0.2) is 44.6 Å². The number of aryl methyl sites for hydroxylation is 1. The molecule has 1 atom stereocenters. The number of halogens is 1. The molecular formula is C32H36ClN7O3. The van der Waals surface area contributed by atoms with E-state index in [-0.39, 0.29) is 36.2 Å². The van der Waals surface area contributed by atoms with E-state index in [0.717, 1.165) is 46.1 Å². The molecule has 3 aromatic carbocycles. The Hall–Kier alpha value is -4.25. The molecule has 0 aliphatic heterocycles. The Labute approximate surface area is 254 Å². The molecule has 10 nitrogen and oxygen atoms in total. The molecule has 6 rings (SSSR count). The molecule has 0 spiro atoms. The maximum atomic E-state index is 13.9. The zero-order valence-corrected chi connectivity index (χ0v) is 24.7. The summed E-state index contributed by atoms with van der Waals surface area (Å²) in [7, 11) is 0. The Morgan fingerprint density at radius 3 is 2.47 bits per heavy atom. The van der Waals surface area contributed by atoms with Crippen LogP contribution in [-0.2, 0) is 16.0 Å². The fourth-order valence-electron chi connectivity index (χ4n) is 6.08. The number of imidazole rings is 1. The van der Waals surface area contributed by atoms with Crippen molar-refractivity contribution < 1.29 is 9.59 Å². The number of aromatic amines is 3. The van der Waals surface area contributed by atoms with Gasteiger partial charge in [-0.2, -0.15) is 0 Å². The number of amides is 2.